The average molecular weight is 406 g/mol. The predicted molar refractivity (Wildman–Crippen MR) is 113 cm³/mol. The molecule has 0 aliphatic heterocycles. The van der Waals surface area contributed by atoms with Crippen molar-refractivity contribution in [3.63, 3.8) is 0 Å². The lowest BCUT2D eigenvalue weighted by Gasteiger charge is -2.07. The Kier molecular flexibility index (Phi) is 5.18. The van der Waals surface area contributed by atoms with Gasteiger partial charge in [-0.2, -0.15) is 0 Å². The van der Waals surface area contributed by atoms with Crippen molar-refractivity contribution in [2.24, 2.45) is 10.2 Å². The van der Waals surface area contributed by atoms with E-state index in [2.05, 4.69) is 20.2 Å². The van der Waals surface area contributed by atoms with Crippen molar-refractivity contribution in [2.45, 2.75) is 11.9 Å². The number of thioether (sulfide) groups is 1. The summed E-state index contributed by atoms with van der Waals surface area (Å²) < 4.78 is 5.26. The van der Waals surface area contributed by atoms with Gasteiger partial charge < -0.3 is 14.8 Å². The van der Waals surface area contributed by atoms with E-state index in [4.69, 9.17) is 4.74 Å². The van der Waals surface area contributed by atoms with Gasteiger partial charge in [-0.3, -0.25) is 4.79 Å². The number of aromatic nitrogens is 2. The Bertz CT molecular complexity index is 1250. The summed E-state index contributed by atoms with van der Waals surface area (Å²) in [5, 5.41) is 20.1. The normalized spacial score (nSPS) is 11.5. The van der Waals surface area contributed by atoms with Crippen LogP contribution in [0, 0.1) is 6.92 Å². The third-order valence-electron chi connectivity index (χ3n) is 4.46. The first-order valence-corrected chi connectivity index (χ1v) is 9.86. The summed E-state index contributed by atoms with van der Waals surface area (Å²) in [6, 6.07) is 14.9. The van der Waals surface area contributed by atoms with E-state index in [1.807, 2.05) is 49.4 Å². The van der Waals surface area contributed by atoms with E-state index in [0.717, 1.165) is 32.8 Å². The number of nitrogens with one attached hydrogen (secondary N) is 1. The van der Waals surface area contributed by atoms with Crippen LogP contribution < -0.4 is 4.74 Å². The van der Waals surface area contributed by atoms with E-state index in [0.29, 0.717) is 5.39 Å². The number of fused-ring (bicyclic) bond motifs is 2. The lowest BCUT2D eigenvalue weighted by molar-refractivity contribution is -0.115. The van der Waals surface area contributed by atoms with Crippen molar-refractivity contribution < 1.29 is 14.6 Å². The van der Waals surface area contributed by atoms with E-state index in [1.165, 1.54) is 11.8 Å². The summed E-state index contributed by atoms with van der Waals surface area (Å²) in [6.07, 6.45) is 0. The number of H-pyrrole nitrogens is 1. The predicted octanol–water partition coefficient (Wildman–Crippen LogP) is 5.14. The fraction of sp³-hybridized carbons (Fsp3) is 0.143. The molecule has 0 aliphatic carbocycles. The van der Waals surface area contributed by atoms with Gasteiger partial charge in [-0.1, -0.05) is 30.0 Å². The van der Waals surface area contributed by atoms with Crippen molar-refractivity contribution in [3.05, 3.63) is 54.1 Å². The second-order valence-electron chi connectivity index (χ2n) is 6.41. The van der Waals surface area contributed by atoms with Gasteiger partial charge in [-0.15, -0.1) is 10.2 Å². The van der Waals surface area contributed by atoms with E-state index < -0.39 is 5.91 Å². The van der Waals surface area contributed by atoms with Gasteiger partial charge in [0.05, 0.1) is 28.9 Å². The Labute approximate surface area is 170 Å². The molecule has 7 nitrogen and oxygen atoms in total. The maximum absolute atomic E-state index is 12.2. The number of carbonyl (C=O) groups is 1. The Balaban J connectivity index is 1.48. The number of amides is 1. The van der Waals surface area contributed by atoms with Gasteiger partial charge in [-0.25, -0.2) is 4.98 Å². The zero-order chi connectivity index (χ0) is 20.4. The molecule has 0 aliphatic rings. The summed E-state index contributed by atoms with van der Waals surface area (Å²) in [7, 11) is 1.63. The maximum atomic E-state index is 12.2. The largest absolute Gasteiger partial charge is 0.497 e. The van der Waals surface area contributed by atoms with Crippen molar-refractivity contribution in [1.29, 1.82) is 0 Å². The van der Waals surface area contributed by atoms with E-state index in [1.54, 1.807) is 13.2 Å². The van der Waals surface area contributed by atoms with Gasteiger partial charge >= 0.3 is 0 Å². The van der Waals surface area contributed by atoms with Crippen LogP contribution in [-0.4, -0.2) is 33.8 Å². The van der Waals surface area contributed by atoms with Crippen LogP contribution in [0.15, 0.2) is 63.8 Å². The highest BCUT2D eigenvalue weighted by Gasteiger charge is 2.11. The zero-order valence-electron chi connectivity index (χ0n) is 15.8. The summed E-state index contributed by atoms with van der Waals surface area (Å²) in [4.78, 5) is 19.6. The van der Waals surface area contributed by atoms with Gasteiger partial charge in [0.25, 0.3) is 5.91 Å². The number of hydrogen-bond donors (Lipinski definition) is 2. The van der Waals surface area contributed by atoms with Crippen molar-refractivity contribution in [3.8, 4) is 11.6 Å². The highest BCUT2D eigenvalue weighted by molar-refractivity contribution is 7.99. The molecule has 0 saturated carbocycles. The van der Waals surface area contributed by atoms with Crippen LogP contribution in [0.25, 0.3) is 21.8 Å². The highest BCUT2D eigenvalue weighted by atomic mass is 32.2. The zero-order valence-corrected chi connectivity index (χ0v) is 16.7. The molecule has 2 aromatic heterocycles. The summed E-state index contributed by atoms with van der Waals surface area (Å²) >= 11 is 1.30. The average Bonchev–Trinajstić information content (AvgIpc) is 3.05. The second kappa shape index (κ2) is 7.92. The monoisotopic (exact) mass is 406 g/mol. The molecule has 29 heavy (non-hydrogen) atoms. The minimum atomic E-state index is -0.408. The van der Waals surface area contributed by atoms with Crippen LogP contribution in [0.5, 0.6) is 11.6 Å². The number of carbonyl (C=O) groups excluding carboxylic acids is 1. The molecular formula is C21H18N4O3S. The van der Waals surface area contributed by atoms with Gasteiger partial charge in [-0.05, 0) is 42.8 Å². The summed E-state index contributed by atoms with van der Waals surface area (Å²) in [5.74, 6) is 0.353. The Morgan fingerprint density at radius 3 is 2.86 bits per heavy atom. The number of pyridine rings is 1. The van der Waals surface area contributed by atoms with Gasteiger partial charge in [0, 0.05) is 10.8 Å². The third-order valence-corrected chi connectivity index (χ3v) is 5.36. The molecule has 2 heterocycles. The number of ether oxygens (including phenoxy) is 1. The number of azo groups is 1. The maximum Gasteiger partial charge on any atom is 0.274 e. The molecule has 2 aromatic carbocycles. The topological polar surface area (TPSA) is 99.9 Å². The van der Waals surface area contributed by atoms with Crippen LogP contribution in [0.2, 0.25) is 0 Å². The van der Waals surface area contributed by atoms with Crippen LogP contribution >= 0.6 is 11.8 Å². The molecule has 0 unspecified atom stereocenters. The minimum Gasteiger partial charge on any atom is -0.497 e. The molecule has 0 saturated heterocycles. The van der Waals surface area contributed by atoms with Crippen molar-refractivity contribution in [1.82, 2.24) is 9.97 Å². The molecule has 0 spiro atoms. The van der Waals surface area contributed by atoms with Gasteiger partial charge in [0.1, 0.15) is 5.75 Å². The molecule has 4 rings (SSSR count). The van der Waals surface area contributed by atoms with E-state index in [9.17, 15) is 9.90 Å². The minimum absolute atomic E-state index is 0.0979. The smallest absolute Gasteiger partial charge is 0.274 e. The molecule has 146 valence electrons. The molecule has 0 bridgehead atoms. The SMILES string of the molecule is COc1ccc2nc(SCC(=O)N=Nc3c(O)[nH]c4ccccc34)cc(C)c2c1. The standard InChI is InChI=1S/C21H18N4O3S/c1-12-9-19(22-17-8-7-13(28-2)10-15(12)17)29-11-18(26)24-25-20-14-5-3-4-6-16(14)23-21(20)27/h3-10,23,27H,11H2,1-2H3. The first-order chi connectivity index (χ1) is 14.0. The van der Waals surface area contributed by atoms with Crippen molar-refractivity contribution in [2.75, 3.05) is 12.9 Å². The number of benzene rings is 2. The van der Waals surface area contributed by atoms with Gasteiger partial charge in [0.15, 0.2) is 5.69 Å². The molecule has 0 radical (unpaired) electrons. The summed E-state index contributed by atoms with van der Waals surface area (Å²) in [5.41, 5.74) is 2.88. The Morgan fingerprint density at radius 1 is 1.21 bits per heavy atom. The first kappa shape index (κ1) is 18.9. The lowest BCUT2D eigenvalue weighted by Crippen LogP contribution is -1.97. The quantitative estimate of drug-likeness (QED) is 0.353. The van der Waals surface area contributed by atoms with Crippen LogP contribution in [0.3, 0.4) is 0 Å². The highest BCUT2D eigenvalue weighted by Crippen LogP contribution is 2.35. The fourth-order valence-corrected chi connectivity index (χ4v) is 3.78. The van der Waals surface area contributed by atoms with Crippen LogP contribution in [0.4, 0.5) is 5.69 Å². The van der Waals surface area contributed by atoms with Crippen molar-refractivity contribution >= 4 is 45.2 Å². The molecule has 2 N–H and O–H groups in total. The number of aryl methyl sites for hydroxylation is 1. The summed E-state index contributed by atoms with van der Waals surface area (Å²) in [6.45, 7) is 1.99. The van der Waals surface area contributed by atoms with Gasteiger partial charge in [0.2, 0.25) is 5.88 Å². The number of methoxy groups -OCH3 is 1. The number of aromatic amines is 1. The fourth-order valence-electron chi connectivity index (χ4n) is 3.03. The number of para-hydroxylation sites is 1. The molecule has 4 aromatic rings. The lowest BCUT2D eigenvalue weighted by atomic mass is 10.1. The molecule has 8 heteroatoms. The number of hydrogen-bond acceptors (Lipinski definition) is 6. The number of nitrogens with zero attached hydrogens (tertiary/aromatic N) is 3. The van der Waals surface area contributed by atoms with Crippen LogP contribution in [0.1, 0.15) is 5.56 Å². The first-order valence-electron chi connectivity index (χ1n) is 8.87. The number of rotatable bonds is 5. The van der Waals surface area contributed by atoms with Crippen LogP contribution in [-0.2, 0) is 4.79 Å². The molecule has 0 atom stereocenters. The Morgan fingerprint density at radius 2 is 2.03 bits per heavy atom. The third kappa shape index (κ3) is 3.93. The molecule has 1 amide bonds. The molecule has 0 fully saturated rings. The Hall–Kier alpha value is -3.39. The van der Waals surface area contributed by atoms with E-state index in [-0.39, 0.29) is 17.3 Å². The van der Waals surface area contributed by atoms with E-state index >= 15 is 0 Å². The second-order valence-corrected chi connectivity index (χ2v) is 7.41. The number of aromatic hydroxyl groups is 1. The molecular weight excluding hydrogens is 388 g/mol.